The predicted octanol–water partition coefficient (Wildman–Crippen LogP) is 2.65. The van der Waals surface area contributed by atoms with Crippen LogP contribution in [0.25, 0.3) is 0 Å². The summed E-state index contributed by atoms with van der Waals surface area (Å²) in [4.78, 5) is 21.4. The van der Waals surface area contributed by atoms with Gasteiger partial charge in [-0.05, 0) is 24.3 Å². The van der Waals surface area contributed by atoms with Crippen LogP contribution in [0.15, 0.2) is 42.6 Å². The maximum atomic E-state index is 11.3. The number of ketones is 1. The SMILES string of the molecule is CC(=O)c1cccn1CC#Cc1ccc([N+](=O)[O-])cc1. The van der Waals surface area contributed by atoms with Crippen molar-refractivity contribution in [1.82, 2.24) is 4.57 Å². The average Bonchev–Trinajstić information content (AvgIpc) is 2.88. The molecule has 2 aromatic rings. The zero-order valence-corrected chi connectivity index (χ0v) is 10.9. The molecule has 1 aromatic carbocycles. The second-order valence-electron chi connectivity index (χ2n) is 4.18. The van der Waals surface area contributed by atoms with Gasteiger partial charge in [0.2, 0.25) is 0 Å². The number of nitrogens with zero attached hydrogens (tertiary/aromatic N) is 2. The quantitative estimate of drug-likeness (QED) is 0.372. The summed E-state index contributed by atoms with van der Waals surface area (Å²) in [6.45, 7) is 1.91. The van der Waals surface area contributed by atoms with Crippen LogP contribution in [0.3, 0.4) is 0 Å². The van der Waals surface area contributed by atoms with Gasteiger partial charge in [-0.15, -0.1) is 0 Å². The molecule has 0 aliphatic heterocycles. The normalized spacial score (nSPS) is 9.65. The van der Waals surface area contributed by atoms with E-state index in [0.717, 1.165) is 0 Å². The molecule has 0 aliphatic carbocycles. The van der Waals surface area contributed by atoms with Crippen LogP contribution in [0.2, 0.25) is 0 Å². The lowest BCUT2D eigenvalue weighted by molar-refractivity contribution is -0.384. The highest BCUT2D eigenvalue weighted by atomic mass is 16.6. The summed E-state index contributed by atoms with van der Waals surface area (Å²) in [5.74, 6) is 5.84. The first-order valence-corrected chi connectivity index (χ1v) is 5.97. The largest absolute Gasteiger partial charge is 0.333 e. The standard InChI is InChI=1S/C15H12N2O3/c1-12(18)15-5-3-11-16(15)10-2-4-13-6-8-14(9-7-13)17(19)20/h3,5-9,11H,10H2,1H3. The predicted molar refractivity (Wildman–Crippen MR) is 74.4 cm³/mol. The van der Waals surface area contributed by atoms with Crippen molar-refractivity contribution >= 4 is 11.5 Å². The third-order valence-corrected chi connectivity index (χ3v) is 2.75. The van der Waals surface area contributed by atoms with Crippen molar-refractivity contribution in [1.29, 1.82) is 0 Å². The van der Waals surface area contributed by atoms with Gasteiger partial charge in [-0.2, -0.15) is 0 Å². The molecule has 0 bridgehead atoms. The van der Waals surface area contributed by atoms with Gasteiger partial charge >= 0.3 is 0 Å². The molecule has 0 radical (unpaired) electrons. The Balaban J connectivity index is 2.09. The summed E-state index contributed by atoms with van der Waals surface area (Å²) in [6.07, 6.45) is 1.79. The minimum absolute atomic E-state index is 0.00728. The number of aromatic nitrogens is 1. The molecule has 0 unspecified atom stereocenters. The third kappa shape index (κ3) is 3.12. The van der Waals surface area contributed by atoms with E-state index in [0.29, 0.717) is 17.8 Å². The van der Waals surface area contributed by atoms with Crippen LogP contribution in [0.4, 0.5) is 5.69 Å². The van der Waals surface area contributed by atoms with E-state index < -0.39 is 4.92 Å². The maximum Gasteiger partial charge on any atom is 0.269 e. The second kappa shape index (κ2) is 5.85. The first-order valence-electron chi connectivity index (χ1n) is 5.97. The van der Waals surface area contributed by atoms with E-state index in [4.69, 9.17) is 0 Å². The number of hydrogen-bond donors (Lipinski definition) is 0. The Hall–Kier alpha value is -2.87. The molecule has 1 heterocycles. The van der Waals surface area contributed by atoms with E-state index >= 15 is 0 Å². The van der Waals surface area contributed by atoms with Crippen LogP contribution >= 0.6 is 0 Å². The molecular weight excluding hydrogens is 256 g/mol. The van der Waals surface area contributed by atoms with Gasteiger partial charge in [0.1, 0.15) is 0 Å². The van der Waals surface area contributed by atoms with E-state index in [1.165, 1.54) is 19.1 Å². The molecule has 0 atom stereocenters. The smallest absolute Gasteiger partial charge is 0.269 e. The molecule has 0 N–H and O–H groups in total. The van der Waals surface area contributed by atoms with Gasteiger partial charge in [0.25, 0.3) is 5.69 Å². The zero-order valence-electron chi connectivity index (χ0n) is 10.9. The highest BCUT2D eigenvalue weighted by Crippen LogP contribution is 2.11. The Bertz CT molecular complexity index is 703. The van der Waals surface area contributed by atoms with Gasteiger partial charge in [0.05, 0.1) is 17.2 Å². The minimum Gasteiger partial charge on any atom is -0.333 e. The van der Waals surface area contributed by atoms with Gasteiger partial charge in [-0.25, -0.2) is 0 Å². The van der Waals surface area contributed by atoms with Crippen molar-refractivity contribution in [2.24, 2.45) is 0 Å². The molecule has 2 rings (SSSR count). The van der Waals surface area contributed by atoms with Crippen molar-refractivity contribution in [2.75, 3.05) is 0 Å². The maximum absolute atomic E-state index is 11.3. The number of nitro benzene ring substituents is 1. The number of non-ortho nitro benzene ring substituents is 1. The summed E-state index contributed by atoms with van der Waals surface area (Å²) in [7, 11) is 0. The number of Topliss-reactive ketones (excluding diaryl/α,β-unsaturated/α-hetero) is 1. The van der Waals surface area contributed by atoms with Gasteiger partial charge < -0.3 is 4.57 Å². The number of carbonyl (C=O) groups is 1. The van der Waals surface area contributed by atoms with Crippen LogP contribution < -0.4 is 0 Å². The number of hydrogen-bond acceptors (Lipinski definition) is 3. The lowest BCUT2D eigenvalue weighted by atomic mass is 10.2. The van der Waals surface area contributed by atoms with Crippen molar-refractivity contribution in [3.05, 3.63) is 64.0 Å². The van der Waals surface area contributed by atoms with E-state index in [-0.39, 0.29) is 11.5 Å². The van der Waals surface area contributed by atoms with E-state index in [2.05, 4.69) is 11.8 Å². The van der Waals surface area contributed by atoms with Crippen molar-refractivity contribution in [3.8, 4) is 11.8 Å². The van der Waals surface area contributed by atoms with Crippen molar-refractivity contribution in [2.45, 2.75) is 13.5 Å². The molecule has 5 nitrogen and oxygen atoms in total. The van der Waals surface area contributed by atoms with Crippen LogP contribution in [0.1, 0.15) is 23.0 Å². The summed E-state index contributed by atoms with van der Waals surface area (Å²) in [6, 6.07) is 9.58. The van der Waals surface area contributed by atoms with Crippen LogP contribution in [-0.4, -0.2) is 15.3 Å². The summed E-state index contributed by atoms with van der Waals surface area (Å²) in [5.41, 5.74) is 1.36. The van der Waals surface area contributed by atoms with E-state index in [1.807, 2.05) is 0 Å². The topological polar surface area (TPSA) is 65.1 Å². The molecule has 1 aromatic heterocycles. The fourth-order valence-corrected chi connectivity index (χ4v) is 1.76. The molecular formula is C15H12N2O3. The van der Waals surface area contributed by atoms with Gasteiger partial charge in [0, 0.05) is 30.8 Å². The number of rotatable bonds is 3. The Morgan fingerprint density at radius 3 is 2.60 bits per heavy atom. The van der Waals surface area contributed by atoms with E-state index in [1.54, 1.807) is 35.0 Å². The molecule has 0 amide bonds. The lowest BCUT2D eigenvalue weighted by Gasteiger charge is -2.00. The lowest BCUT2D eigenvalue weighted by Crippen LogP contribution is -2.04. The van der Waals surface area contributed by atoms with Gasteiger partial charge in [0.15, 0.2) is 5.78 Å². The molecule has 0 spiro atoms. The van der Waals surface area contributed by atoms with Crippen molar-refractivity contribution in [3.63, 3.8) is 0 Å². The first kappa shape index (κ1) is 13.6. The third-order valence-electron chi connectivity index (χ3n) is 2.75. The fourth-order valence-electron chi connectivity index (χ4n) is 1.76. The van der Waals surface area contributed by atoms with Crippen LogP contribution in [0, 0.1) is 22.0 Å². The fraction of sp³-hybridized carbons (Fsp3) is 0.133. The summed E-state index contributed by atoms with van der Waals surface area (Å²) in [5, 5.41) is 10.5. The Labute approximate surface area is 116 Å². The molecule has 0 saturated heterocycles. The first-order chi connectivity index (χ1) is 9.58. The molecule has 0 fully saturated rings. The molecule has 0 saturated carbocycles. The summed E-state index contributed by atoms with van der Waals surface area (Å²) >= 11 is 0. The number of carbonyl (C=O) groups excluding carboxylic acids is 1. The number of nitro groups is 1. The van der Waals surface area contributed by atoms with E-state index in [9.17, 15) is 14.9 Å². The zero-order chi connectivity index (χ0) is 14.5. The average molecular weight is 268 g/mol. The van der Waals surface area contributed by atoms with Crippen molar-refractivity contribution < 1.29 is 9.72 Å². The molecule has 5 heteroatoms. The Morgan fingerprint density at radius 1 is 1.30 bits per heavy atom. The highest BCUT2D eigenvalue weighted by molar-refractivity contribution is 5.92. The second-order valence-corrected chi connectivity index (χ2v) is 4.18. The number of benzene rings is 1. The van der Waals surface area contributed by atoms with Gasteiger partial charge in [-0.1, -0.05) is 11.8 Å². The Kier molecular flexibility index (Phi) is 3.96. The highest BCUT2D eigenvalue weighted by Gasteiger charge is 2.04. The molecule has 20 heavy (non-hydrogen) atoms. The minimum atomic E-state index is -0.448. The van der Waals surface area contributed by atoms with Gasteiger partial charge in [-0.3, -0.25) is 14.9 Å². The molecule has 100 valence electrons. The molecule has 0 aliphatic rings. The van der Waals surface area contributed by atoms with Crippen LogP contribution in [0.5, 0.6) is 0 Å². The monoisotopic (exact) mass is 268 g/mol. The van der Waals surface area contributed by atoms with Crippen LogP contribution in [-0.2, 0) is 6.54 Å². The summed E-state index contributed by atoms with van der Waals surface area (Å²) < 4.78 is 1.76. The Morgan fingerprint density at radius 2 is 2.00 bits per heavy atom.